The lowest BCUT2D eigenvalue weighted by Gasteiger charge is -2.41. The summed E-state index contributed by atoms with van der Waals surface area (Å²) in [6.45, 7) is 11.8. The molecule has 6 nitrogen and oxygen atoms in total. The summed E-state index contributed by atoms with van der Waals surface area (Å²) in [4.78, 5) is 30.8. The first-order valence-electron chi connectivity index (χ1n) is 11.7. The molecule has 31 heavy (non-hydrogen) atoms. The molecule has 0 bridgehead atoms. The summed E-state index contributed by atoms with van der Waals surface area (Å²) in [5.74, 6) is 0.519. The van der Waals surface area contributed by atoms with Crippen molar-refractivity contribution in [1.29, 1.82) is 0 Å². The van der Waals surface area contributed by atoms with Crippen molar-refractivity contribution in [3.8, 4) is 0 Å². The molecule has 4 atom stereocenters. The molecule has 0 saturated carbocycles. The van der Waals surface area contributed by atoms with Crippen LogP contribution in [0.2, 0.25) is 0 Å². The fourth-order valence-electron chi connectivity index (χ4n) is 4.83. The number of likely N-dealkylation sites (N-methyl/N-ethyl adjacent to an activating group) is 1. The molecule has 1 aromatic carbocycles. The van der Waals surface area contributed by atoms with Crippen LogP contribution in [-0.4, -0.2) is 73.0 Å². The Balaban J connectivity index is 1.66. The number of fused-ring (bicyclic) bond motifs is 1. The lowest BCUT2D eigenvalue weighted by molar-refractivity contribution is -0.141. The number of amides is 2. The van der Waals surface area contributed by atoms with Crippen LogP contribution in [-0.2, 0) is 16.0 Å². The zero-order valence-electron chi connectivity index (χ0n) is 19.9. The van der Waals surface area contributed by atoms with E-state index in [-0.39, 0.29) is 29.3 Å². The van der Waals surface area contributed by atoms with Crippen LogP contribution >= 0.6 is 0 Å². The number of hydrogen-bond acceptors (Lipinski definition) is 4. The summed E-state index contributed by atoms with van der Waals surface area (Å²) in [6.07, 6.45) is 3.25. The predicted octanol–water partition coefficient (Wildman–Crippen LogP) is 2.29. The van der Waals surface area contributed by atoms with Crippen molar-refractivity contribution in [2.45, 2.75) is 65.1 Å². The van der Waals surface area contributed by atoms with Gasteiger partial charge >= 0.3 is 0 Å². The number of likely N-dealkylation sites (tertiary alicyclic amines) is 2. The number of carbonyl (C=O) groups excluding carboxylic acids is 2. The van der Waals surface area contributed by atoms with Gasteiger partial charge in [-0.1, -0.05) is 51.1 Å². The summed E-state index contributed by atoms with van der Waals surface area (Å²) in [5, 5.41) is 6.00. The molecule has 0 aromatic heterocycles. The Labute approximate surface area is 187 Å². The number of piperidine rings is 1. The molecule has 6 heteroatoms. The van der Waals surface area contributed by atoms with Crippen LogP contribution in [0.1, 0.15) is 46.1 Å². The van der Waals surface area contributed by atoms with Gasteiger partial charge in [0, 0.05) is 25.7 Å². The molecule has 2 heterocycles. The number of hydrogen-bond donors (Lipinski definition) is 2. The molecule has 2 saturated heterocycles. The van der Waals surface area contributed by atoms with Gasteiger partial charge in [-0.3, -0.25) is 9.59 Å². The molecule has 2 N–H and O–H groups in total. The molecule has 0 aliphatic carbocycles. The minimum absolute atomic E-state index is 0.0709. The van der Waals surface area contributed by atoms with E-state index in [4.69, 9.17) is 0 Å². The van der Waals surface area contributed by atoms with E-state index in [1.165, 1.54) is 5.56 Å². The topological polar surface area (TPSA) is 64.7 Å². The van der Waals surface area contributed by atoms with E-state index in [0.29, 0.717) is 5.92 Å². The second-order valence-corrected chi connectivity index (χ2v) is 10.3. The van der Waals surface area contributed by atoms with E-state index < -0.39 is 6.04 Å². The largest absolute Gasteiger partial charge is 0.342 e. The van der Waals surface area contributed by atoms with Crippen LogP contribution in [0.5, 0.6) is 0 Å². The Hall–Kier alpha value is -1.92. The fraction of sp³-hybridized carbons (Fsp3) is 0.680. The Morgan fingerprint density at radius 3 is 2.45 bits per heavy atom. The Morgan fingerprint density at radius 2 is 1.81 bits per heavy atom. The zero-order chi connectivity index (χ0) is 22.6. The quantitative estimate of drug-likeness (QED) is 0.699. The van der Waals surface area contributed by atoms with Gasteiger partial charge in [-0.15, -0.1) is 0 Å². The van der Waals surface area contributed by atoms with E-state index in [0.717, 1.165) is 45.4 Å². The molecule has 2 amide bonds. The van der Waals surface area contributed by atoms with Crippen LogP contribution in [0.4, 0.5) is 0 Å². The summed E-state index contributed by atoms with van der Waals surface area (Å²) < 4.78 is 0. The maximum absolute atomic E-state index is 13.7. The van der Waals surface area contributed by atoms with Gasteiger partial charge in [0.1, 0.15) is 6.04 Å². The van der Waals surface area contributed by atoms with Crippen LogP contribution < -0.4 is 10.6 Å². The predicted molar refractivity (Wildman–Crippen MR) is 125 cm³/mol. The van der Waals surface area contributed by atoms with Gasteiger partial charge in [-0.2, -0.15) is 0 Å². The second-order valence-electron chi connectivity index (χ2n) is 10.3. The number of rotatable bonds is 7. The summed E-state index contributed by atoms with van der Waals surface area (Å²) in [6, 6.07) is 10.0. The third-order valence-corrected chi connectivity index (χ3v) is 7.02. The molecular formula is C25H40N4O2. The Kier molecular flexibility index (Phi) is 7.76. The van der Waals surface area contributed by atoms with Gasteiger partial charge < -0.3 is 20.4 Å². The number of nitrogens with one attached hydrogen (secondary N) is 2. The van der Waals surface area contributed by atoms with Crippen molar-refractivity contribution >= 4 is 11.8 Å². The average molecular weight is 429 g/mol. The highest BCUT2D eigenvalue weighted by Crippen LogP contribution is 2.34. The highest BCUT2D eigenvalue weighted by molar-refractivity contribution is 5.90. The van der Waals surface area contributed by atoms with Crippen LogP contribution in [0.25, 0.3) is 0 Å². The zero-order valence-corrected chi connectivity index (χ0v) is 19.9. The van der Waals surface area contributed by atoms with Gasteiger partial charge in [0.25, 0.3) is 0 Å². The van der Waals surface area contributed by atoms with Crippen molar-refractivity contribution in [2.24, 2.45) is 11.3 Å². The minimum Gasteiger partial charge on any atom is -0.342 e. The first-order chi connectivity index (χ1) is 14.7. The number of benzene rings is 1. The Morgan fingerprint density at radius 1 is 1.13 bits per heavy atom. The second kappa shape index (κ2) is 10.1. The first-order valence-corrected chi connectivity index (χ1v) is 11.7. The van der Waals surface area contributed by atoms with Gasteiger partial charge in [-0.05, 0) is 56.7 Å². The molecule has 2 aliphatic heterocycles. The van der Waals surface area contributed by atoms with E-state index in [2.05, 4.69) is 50.8 Å². The third-order valence-electron chi connectivity index (χ3n) is 7.02. The molecule has 2 fully saturated rings. The maximum atomic E-state index is 13.7. The van der Waals surface area contributed by atoms with Crippen LogP contribution in [0.3, 0.4) is 0 Å². The van der Waals surface area contributed by atoms with E-state index in [9.17, 15) is 9.59 Å². The smallest absolute Gasteiger partial charge is 0.245 e. The maximum Gasteiger partial charge on any atom is 0.245 e. The van der Waals surface area contributed by atoms with Gasteiger partial charge in [0.2, 0.25) is 11.8 Å². The van der Waals surface area contributed by atoms with Crippen molar-refractivity contribution < 1.29 is 9.59 Å². The van der Waals surface area contributed by atoms with Crippen molar-refractivity contribution in [3.05, 3.63) is 35.9 Å². The van der Waals surface area contributed by atoms with E-state index >= 15 is 0 Å². The van der Waals surface area contributed by atoms with Crippen LogP contribution in [0, 0.1) is 11.3 Å². The molecule has 0 spiro atoms. The highest BCUT2D eigenvalue weighted by atomic mass is 16.2. The van der Waals surface area contributed by atoms with E-state index in [1.54, 1.807) is 7.05 Å². The highest BCUT2D eigenvalue weighted by Gasteiger charge is 2.45. The molecule has 172 valence electrons. The minimum atomic E-state index is -0.519. The molecule has 2 aliphatic rings. The van der Waals surface area contributed by atoms with Gasteiger partial charge in [0.15, 0.2) is 0 Å². The standard InChI is InChI=1S/C25H40N4O2/c1-18(26-5)23(30)27-22(25(2,3)4)24(31)29-16-13-20-12-15-28(17-21(20)29)14-11-19-9-7-6-8-10-19/h6-10,18,20-22,26H,11-17H2,1-5H3,(H,27,30)/t18-,20+,21?,22+/m0/s1. The monoisotopic (exact) mass is 428 g/mol. The third kappa shape index (κ3) is 5.86. The van der Waals surface area contributed by atoms with Gasteiger partial charge in [-0.25, -0.2) is 0 Å². The first kappa shape index (κ1) is 23.7. The molecule has 1 unspecified atom stereocenters. The molecule has 0 radical (unpaired) electrons. The molecule has 3 rings (SSSR count). The summed E-state index contributed by atoms with van der Waals surface area (Å²) in [5.41, 5.74) is 1.01. The Bertz CT molecular complexity index is 746. The molecule has 1 aromatic rings. The lowest BCUT2D eigenvalue weighted by atomic mass is 9.85. The van der Waals surface area contributed by atoms with Crippen molar-refractivity contribution in [2.75, 3.05) is 33.2 Å². The van der Waals surface area contributed by atoms with Crippen LogP contribution in [0.15, 0.2) is 30.3 Å². The van der Waals surface area contributed by atoms with Crippen molar-refractivity contribution in [3.63, 3.8) is 0 Å². The van der Waals surface area contributed by atoms with Gasteiger partial charge in [0.05, 0.1) is 6.04 Å². The summed E-state index contributed by atoms with van der Waals surface area (Å²) in [7, 11) is 1.76. The number of carbonyl (C=O) groups is 2. The number of nitrogens with zero attached hydrogens (tertiary/aromatic N) is 2. The fourth-order valence-corrected chi connectivity index (χ4v) is 4.83. The SMILES string of the molecule is CN[C@@H](C)C(=O)N[C@H](C(=O)N1CC[C@H]2CCN(CCc3ccccc3)CC21)C(C)(C)C. The summed E-state index contributed by atoms with van der Waals surface area (Å²) >= 11 is 0. The van der Waals surface area contributed by atoms with E-state index in [1.807, 2.05) is 27.7 Å². The normalized spacial score (nSPS) is 23.8. The molecular weight excluding hydrogens is 388 g/mol. The van der Waals surface area contributed by atoms with Crippen molar-refractivity contribution in [1.82, 2.24) is 20.4 Å². The average Bonchev–Trinajstić information content (AvgIpc) is 3.18. The lowest BCUT2D eigenvalue weighted by Crippen LogP contribution is -2.60.